The van der Waals surface area contributed by atoms with Gasteiger partial charge in [-0.3, -0.25) is 5.32 Å². The van der Waals surface area contributed by atoms with Crippen molar-refractivity contribution in [1.29, 1.82) is 0 Å². The molecule has 2 aromatic heterocycles. The summed E-state index contributed by atoms with van der Waals surface area (Å²) in [4.78, 5) is 18.6. The summed E-state index contributed by atoms with van der Waals surface area (Å²) >= 11 is 0. The maximum atomic E-state index is 12.6. The van der Waals surface area contributed by atoms with Gasteiger partial charge in [-0.1, -0.05) is 12.1 Å². The predicted octanol–water partition coefficient (Wildman–Crippen LogP) is 2.76. The molecule has 128 valence electrons. The summed E-state index contributed by atoms with van der Waals surface area (Å²) in [6, 6.07) is 11.5. The van der Waals surface area contributed by atoms with Gasteiger partial charge in [-0.2, -0.15) is 9.61 Å². The molecule has 0 bridgehead atoms. The lowest BCUT2D eigenvalue weighted by atomic mass is 9.98. The third kappa shape index (κ3) is 3.00. The molecule has 0 spiro atoms. The van der Waals surface area contributed by atoms with Crippen LogP contribution in [0.15, 0.2) is 48.8 Å². The van der Waals surface area contributed by atoms with Crippen molar-refractivity contribution in [3.63, 3.8) is 0 Å². The Morgan fingerprint density at radius 3 is 2.84 bits per heavy atom. The zero-order chi connectivity index (χ0) is 17.2. The largest absolute Gasteiger partial charge is 0.497 e. The summed E-state index contributed by atoms with van der Waals surface area (Å²) in [5.41, 5.74) is 1.94. The number of fused-ring (bicyclic) bond motifs is 1. The van der Waals surface area contributed by atoms with E-state index in [-0.39, 0.29) is 6.03 Å². The Hall–Kier alpha value is -3.09. The summed E-state index contributed by atoms with van der Waals surface area (Å²) in [6.07, 6.45) is 4.28. The van der Waals surface area contributed by atoms with E-state index in [1.807, 2.05) is 17.0 Å². The van der Waals surface area contributed by atoms with Crippen molar-refractivity contribution in [3.05, 3.63) is 54.4 Å². The Morgan fingerprint density at radius 1 is 1.20 bits per heavy atom. The number of methoxy groups -OCH3 is 1. The van der Waals surface area contributed by atoms with Gasteiger partial charge in [0.05, 0.1) is 13.3 Å². The molecule has 1 atom stereocenters. The third-order valence-electron chi connectivity index (χ3n) is 4.59. The summed E-state index contributed by atoms with van der Waals surface area (Å²) in [7, 11) is 1.66. The number of carbonyl (C=O) groups excluding carboxylic acids is 1. The van der Waals surface area contributed by atoms with E-state index in [2.05, 4.69) is 27.5 Å². The van der Waals surface area contributed by atoms with Gasteiger partial charge >= 0.3 is 6.03 Å². The van der Waals surface area contributed by atoms with E-state index in [1.54, 1.807) is 36.2 Å². The summed E-state index contributed by atoms with van der Waals surface area (Å²) < 4.78 is 6.82. The molecule has 1 saturated heterocycles. The fourth-order valence-electron chi connectivity index (χ4n) is 3.21. The zero-order valence-corrected chi connectivity index (χ0v) is 13.9. The molecule has 3 heterocycles. The van der Waals surface area contributed by atoms with Crippen LogP contribution in [-0.4, -0.2) is 45.7 Å². The Morgan fingerprint density at radius 2 is 2.04 bits per heavy atom. The number of urea groups is 1. The molecule has 7 nitrogen and oxygen atoms in total. The van der Waals surface area contributed by atoms with Crippen molar-refractivity contribution in [2.24, 2.45) is 0 Å². The molecule has 1 N–H and O–H groups in total. The van der Waals surface area contributed by atoms with Gasteiger partial charge in [0, 0.05) is 31.3 Å². The standard InChI is InChI=1S/C18H19N5O2/c1-25-15-4-2-13(3-5-15)14-8-11-22(12-14)18(24)21-17-6-9-19-16-7-10-20-23(16)17/h2-7,9-10,14H,8,11-12H2,1H3,(H,21,24). The first kappa shape index (κ1) is 15.4. The number of aromatic nitrogens is 3. The van der Waals surface area contributed by atoms with Crippen LogP contribution in [-0.2, 0) is 0 Å². The highest BCUT2D eigenvalue weighted by Crippen LogP contribution is 2.28. The molecule has 1 aromatic carbocycles. The Labute approximate surface area is 145 Å². The highest BCUT2D eigenvalue weighted by atomic mass is 16.5. The predicted molar refractivity (Wildman–Crippen MR) is 93.9 cm³/mol. The van der Waals surface area contributed by atoms with Crippen molar-refractivity contribution in [1.82, 2.24) is 19.5 Å². The van der Waals surface area contributed by atoms with Crippen molar-refractivity contribution >= 4 is 17.5 Å². The minimum Gasteiger partial charge on any atom is -0.497 e. The molecule has 1 aliphatic heterocycles. The van der Waals surface area contributed by atoms with Gasteiger partial charge in [0.15, 0.2) is 5.65 Å². The van der Waals surface area contributed by atoms with Crippen LogP contribution in [0.2, 0.25) is 0 Å². The number of hydrogen-bond acceptors (Lipinski definition) is 4. The molecule has 1 fully saturated rings. The number of rotatable bonds is 3. The number of benzene rings is 1. The quantitative estimate of drug-likeness (QED) is 0.798. The van der Waals surface area contributed by atoms with Crippen LogP contribution in [0.1, 0.15) is 17.9 Å². The summed E-state index contributed by atoms with van der Waals surface area (Å²) in [5, 5.41) is 7.12. The SMILES string of the molecule is COc1ccc(C2CCN(C(=O)Nc3ccnc4ccnn34)C2)cc1. The molecule has 0 saturated carbocycles. The number of hydrogen-bond donors (Lipinski definition) is 1. The van der Waals surface area contributed by atoms with E-state index in [9.17, 15) is 4.79 Å². The van der Waals surface area contributed by atoms with Crippen molar-refractivity contribution < 1.29 is 9.53 Å². The number of likely N-dealkylation sites (tertiary alicyclic amines) is 1. The van der Waals surface area contributed by atoms with Gasteiger partial charge in [0.1, 0.15) is 11.6 Å². The molecule has 3 aromatic rings. The monoisotopic (exact) mass is 337 g/mol. The second kappa shape index (κ2) is 6.43. The molecular formula is C18H19N5O2. The number of carbonyl (C=O) groups is 1. The third-order valence-corrected chi connectivity index (χ3v) is 4.59. The smallest absolute Gasteiger partial charge is 0.323 e. The van der Waals surface area contributed by atoms with Gasteiger partial charge < -0.3 is 9.64 Å². The molecule has 4 rings (SSSR count). The van der Waals surface area contributed by atoms with Crippen LogP contribution in [0, 0.1) is 0 Å². The van der Waals surface area contributed by atoms with Crippen molar-refractivity contribution in [2.75, 3.05) is 25.5 Å². The molecule has 0 aliphatic carbocycles. The topological polar surface area (TPSA) is 71.8 Å². The van der Waals surface area contributed by atoms with Gasteiger partial charge in [-0.05, 0) is 30.2 Å². The number of nitrogens with zero attached hydrogens (tertiary/aromatic N) is 4. The second-order valence-corrected chi connectivity index (χ2v) is 6.07. The molecule has 1 aliphatic rings. The second-order valence-electron chi connectivity index (χ2n) is 6.07. The highest BCUT2D eigenvalue weighted by Gasteiger charge is 2.27. The Kier molecular flexibility index (Phi) is 3.97. The van der Waals surface area contributed by atoms with Gasteiger partial charge in [-0.25, -0.2) is 9.78 Å². The fraction of sp³-hybridized carbons (Fsp3) is 0.278. The average molecular weight is 337 g/mol. The van der Waals surface area contributed by atoms with E-state index in [0.29, 0.717) is 23.9 Å². The first-order valence-corrected chi connectivity index (χ1v) is 8.23. The Balaban J connectivity index is 1.44. The van der Waals surface area contributed by atoms with Crippen LogP contribution >= 0.6 is 0 Å². The lowest BCUT2D eigenvalue weighted by molar-refractivity contribution is 0.222. The van der Waals surface area contributed by atoms with Crippen molar-refractivity contribution in [2.45, 2.75) is 12.3 Å². The van der Waals surface area contributed by atoms with E-state index >= 15 is 0 Å². The summed E-state index contributed by atoms with van der Waals surface area (Å²) in [5.74, 6) is 1.81. The maximum absolute atomic E-state index is 12.6. The fourth-order valence-corrected chi connectivity index (χ4v) is 3.21. The minimum atomic E-state index is -0.112. The molecule has 1 unspecified atom stereocenters. The highest BCUT2D eigenvalue weighted by molar-refractivity contribution is 5.88. The van der Waals surface area contributed by atoms with E-state index < -0.39 is 0 Å². The number of ether oxygens (including phenoxy) is 1. The van der Waals surface area contributed by atoms with E-state index in [1.165, 1.54) is 5.56 Å². The van der Waals surface area contributed by atoms with Crippen LogP contribution in [0.4, 0.5) is 10.6 Å². The molecule has 2 amide bonds. The van der Waals surface area contributed by atoms with Crippen LogP contribution in [0.25, 0.3) is 5.65 Å². The van der Waals surface area contributed by atoms with Crippen LogP contribution < -0.4 is 10.1 Å². The number of anilines is 1. The van der Waals surface area contributed by atoms with Gasteiger partial charge in [-0.15, -0.1) is 0 Å². The van der Waals surface area contributed by atoms with Crippen LogP contribution in [0.3, 0.4) is 0 Å². The lowest BCUT2D eigenvalue weighted by Crippen LogP contribution is -2.33. The average Bonchev–Trinajstić information content (AvgIpc) is 3.32. The minimum absolute atomic E-state index is 0.112. The van der Waals surface area contributed by atoms with Gasteiger partial charge in [0.2, 0.25) is 0 Å². The maximum Gasteiger partial charge on any atom is 0.323 e. The van der Waals surface area contributed by atoms with Gasteiger partial charge in [0.25, 0.3) is 0 Å². The zero-order valence-electron chi connectivity index (χ0n) is 13.9. The Bertz CT molecular complexity index is 890. The van der Waals surface area contributed by atoms with E-state index in [4.69, 9.17) is 4.74 Å². The molecule has 25 heavy (non-hydrogen) atoms. The van der Waals surface area contributed by atoms with E-state index in [0.717, 1.165) is 18.7 Å². The lowest BCUT2D eigenvalue weighted by Gasteiger charge is -2.18. The summed E-state index contributed by atoms with van der Waals surface area (Å²) in [6.45, 7) is 1.43. The molecule has 0 radical (unpaired) electrons. The normalized spacial score (nSPS) is 17.0. The first-order chi connectivity index (χ1) is 12.2. The molecule has 7 heteroatoms. The van der Waals surface area contributed by atoms with Crippen molar-refractivity contribution in [3.8, 4) is 5.75 Å². The number of amides is 2. The molecular weight excluding hydrogens is 318 g/mol. The van der Waals surface area contributed by atoms with Crippen LogP contribution in [0.5, 0.6) is 5.75 Å². The number of nitrogens with one attached hydrogen (secondary N) is 1. The first-order valence-electron chi connectivity index (χ1n) is 8.23.